The normalized spacial score (nSPS) is 13.7. The average molecular weight is 288 g/mol. The third-order valence-corrected chi connectivity index (χ3v) is 3.36. The van der Waals surface area contributed by atoms with Crippen molar-refractivity contribution < 1.29 is 14.3 Å². The van der Waals surface area contributed by atoms with Crippen LogP contribution in [0.1, 0.15) is 35.8 Å². The SMILES string of the molecule is CCOC(=O)c1cnn([C@@H](c2ccccc2)[C@@H](C)OC)c1. The number of ether oxygens (including phenoxy) is 2. The minimum atomic E-state index is -0.361. The fourth-order valence-electron chi connectivity index (χ4n) is 2.23. The van der Waals surface area contributed by atoms with E-state index in [9.17, 15) is 4.79 Å². The number of methoxy groups -OCH3 is 1. The van der Waals surface area contributed by atoms with E-state index in [1.54, 1.807) is 24.9 Å². The maximum Gasteiger partial charge on any atom is 0.341 e. The predicted octanol–water partition coefficient (Wildman–Crippen LogP) is 2.68. The van der Waals surface area contributed by atoms with Crippen molar-refractivity contribution in [3.8, 4) is 0 Å². The Morgan fingerprint density at radius 1 is 1.33 bits per heavy atom. The van der Waals surface area contributed by atoms with Crippen LogP contribution in [0.25, 0.3) is 0 Å². The van der Waals surface area contributed by atoms with Gasteiger partial charge in [0.05, 0.1) is 24.5 Å². The molecule has 0 fully saturated rings. The summed E-state index contributed by atoms with van der Waals surface area (Å²) in [6, 6.07) is 9.85. The predicted molar refractivity (Wildman–Crippen MR) is 79.2 cm³/mol. The molecule has 0 unspecified atom stereocenters. The highest BCUT2D eigenvalue weighted by atomic mass is 16.5. The van der Waals surface area contributed by atoms with E-state index in [2.05, 4.69) is 5.10 Å². The van der Waals surface area contributed by atoms with Crippen molar-refractivity contribution in [1.82, 2.24) is 9.78 Å². The lowest BCUT2D eigenvalue weighted by Gasteiger charge is -2.23. The van der Waals surface area contributed by atoms with Crippen LogP contribution in [0.3, 0.4) is 0 Å². The molecule has 1 aromatic carbocycles. The Labute approximate surface area is 124 Å². The fraction of sp³-hybridized carbons (Fsp3) is 0.375. The Morgan fingerprint density at radius 2 is 2.05 bits per heavy atom. The van der Waals surface area contributed by atoms with Crippen LogP contribution in [0.15, 0.2) is 42.7 Å². The van der Waals surface area contributed by atoms with Gasteiger partial charge in [-0.1, -0.05) is 30.3 Å². The Morgan fingerprint density at radius 3 is 2.67 bits per heavy atom. The summed E-state index contributed by atoms with van der Waals surface area (Å²) < 4.78 is 12.2. The molecule has 0 radical (unpaired) electrons. The van der Waals surface area contributed by atoms with Gasteiger partial charge in [0.2, 0.25) is 0 Å². The molecule has 0 aliphatic rings. The molecule has 0 saturated carbocycles. The van der Waals surface area contributed by atoms with Crippen LogP contribution in [0.5, 0.6) is 0 Å². The van der Waals surface area contributed by atoms with Crippen LogP contribution in [0.4, 0.5) is 0 Å². The lowest BCUT2D eigenvalue weighted by molar-refractivity contribution is 0.0525. The number of rotatable bonds is 6. The zero-order valence-electron chi connectivity index (χ0n) is 12.5. The molecule has 0 aliphatic heterocycles. The van der Waals surface area contributed by atoms with Crippen LogP contribution in [-0.2, 0) is 9.47 Å². The van der Waals surface area contributed by atoms with Crippen molar-refractivity contribution in [2.75, 3.05) is 13.7 Å². The van der Waals surface area contributed by atoms with E-state index in [0.717, 1.165) is 5.56 Å². The van der Waals surface area contributed by atoms with Crippen molar-refractivity contribution in [2.24, 2.45) is 0 Å². The number of carbonyl (C=O) groups is 1. The van der Waals surface area contributed by atoms with Gasteiger partial charge in [0.15, 0.2) is 0 Å². The molecule has 0 spiro atoms. The summed E-state index contributed by atoms with van der Waals surface area (Å²) in [6.07, 6.45) is 3.14. The van der Waals surface area contributed by atoms with Crippen molar-refractivity contribution in [3.05, 3.63) is 53.9 Å². The van der Waals surface area contributed by atoms with Gasteiger partial charge < -0.3 is 9.47 Å². The Hall–Kier alpha value is -2.14. The molecule has 112 valence electrons. The first-order valence-corrected chi connectivity index (χ1v) is 6.96. The summed E-state index contributed by atoms with van der Waals surface area (Å²) in [7, 11) is 1.66. The van der Waals surface area contributed by atoms with E-state index in [0.29, 0.717) is 12.2 Å². The van der Waals surface area contributed by atoms with E-state index in [1.807, 2.05) is 37.3 Å². The topological polar surface area (TPSA) is 53.3 Å². The molecule has 1 aromatic heterocycles. The lowest BCUT2D eigenvalue weighted by Crippen LogP contribution is -2.25. The maximum absolute atomic E-state index is 11.7. The highest BCUT2D eigenvalue weighted by molar-refractivity contribution is 5.88. The van der Waals surface area contributed by atoms with E-state index in [-0.39, 0.29) is 18.1 Å². The molecular weight excluding hydrogens is 268 g/mol. The van der Waals surface area contributed by atoms with Gasteiger partial charge in [-0.15, -0.1) is 0 Å². The summed E-state index contributed by atoms with van der Waals surface area (Å²) in [5.74, 6) is -0.361. The molecule has 21 heavy (non-hydrogen) atoms. The number of hydrogen-bond acceptors (Lipinski definition) is 4. The van der Waals surface area contributed by atoms with Crippen LogP contribution in [-0.4, -0.2) is 35.6 Å². The summed E-state index contributed by atoms with van der Waals surface area (Å²) in [5, 5.41) is 4.30. The molecule has 5 nitrogen and oxygen atoms in total. The monoisotopic (exact) mass is 288 g/mol. The lowest BCUT2D eigenvalue weighted by atomic mass is 10.0. The summed E-state index contributed by atoms with van der Waals surface area (Å²) in [6.45, 7) is 4.10. The summed E-state index contributed by atoms with van der Waals surface area (Å²) in [4.78, 5) is 11.7. The second kappa shape index (κ2) is 7.04. The molecular formula is C16H20N2O3. The van der Waals surface area contributed by atoms with Crippen molar-refractivity contribution >= 4 is 5.97 Å². The van der Waals surface area contributed by atoms with Gasteiger partial charge >= 0.3 is 5.97 Å². The van der Waals surface area contributed by atoms with Gasteiger partial charge in [0.25, 0.3) is 0 Å². The largest absolute Gasteiger partial charge is 0.462 e. The first kappa shape index (κ1) is 15.3. The van der Waals surface area contributed by atoms with E-state index >= 15 is 0 Å². The number of hydrogen-bond donors (Lipinski definition) is 0. The minimum absolute atomic E-state index is 0.0812. The first-order chi connectivity index (χ1) is 10.2. The number of benzene rings is 1. The van der Waals surface area contributed by atoms with Gasteiger partial charge in [-0.3, -0.25) is 4.68 Å². The smallest absolute Gasteiger partial charge is 0.341 e. The standard InChI is InChI=1S/C16H20N2O3/c1-4-21-16(19)14-10-17-18(11-14)15(12(2)20-3)13-8-6-5-7-9-13/h5-12,15H,4H2,1-3H3/t12-,15-/m1/s1. The maximum atomic E-state index is 11.7. The second-order valence-corrected chi connectivity index (χ2v) is 4.73. The summed E-state index contributed by atoms with van der Waals surface area (Å²) >= 11 is 0. The van der Waals surface area contributed by atoms with Gasteiger partial charge in [-0.25, -0.2) is 4.79 Å². The highest BCUT2D eigenvalue weighted by Gasteiger charge is 2.23. The van der Waals surface area contributed by atoms with Crippen molar-refractivity contribution in [1.29, 1.82) is 0 Å². The Kier molecular flexibility index (Phi) is 5.11. The molecule has 0 amide bonds. The molecule has 0 saturated heterocycles. The molecule has 2 rings (SSSR count). The van der Waals surface area contributed by atoms with E-state index in [4.69, 9.17) is 9.47 Å². The van der Waals surface area contributed by atoms with Crippen LogP contribution < -0.4 is 0 Å². The van der Waals surface area contributed by atoms with Crippen LogP contribution in [0.2, 0.25) is 0 Å². The van der Waals surface area contributed by atoms with Crippen molar-refractivity contribution in [3.63, 3.8) is 0 Å². The third kappa shape index (κ3) is 3.49. The van der Waals surface area contributed by atoms with Gasteiger partial charge in [0, 0.05) is 13.3 Å². The quantitative estimate of drug-likeness (QED) is 0.767. The molecule has 2 aromatic rings. The second-order valence-electron chi connectivity index (χ2n) is 4.73. The average Bonchev–Trinajstić information content (AvgIpc) is 2.98. The number of carbonyl (C=O) groups excluding carboxylic acids is 1. The summed E-state index contributed by atoms with van der Waals surface area (Å²) in [5.41, 5.74) is 1.52. The van der Waals surface area contributed by atoms with Gasteiger partial charge in [0.1, 0.15) is 6.04 Å². The first-order valence-electron chi connectivity index (χ1n) is 6.96. The molecule has 0 N–H and O–H groups in total. The van der Waals surface area contributed by atoms with Crippen LogP contribution >= 0.6 is 0 Å². The number of aromatic nitrogens is 2. The van der Waals surface area contributed by atoms with Crippen molar-refractivity contribution in [2.45, 2.75) is 26.0 Å². The molecule has 5 heteroatoms. The van der Waals surface area contributed by atoms with E-state index in [1.165, 1.54) is 6.20 Å². The van der Waals surface area contributed by atoms with Gasteiger partial charge in [-0.05, 0) is 19.4 Å². The zero-order valence-corrected chi connectivity index (χ0v) is 12.5. The molecule has 1 heterocycles. The zero-order chi connectivity index (χ0) is 15.2. The minimum Gasteiger partial charge on any atom is -0.462 e. The fourth-order valence-corrected chi connectivity index (χ4v) is 2.23. The van der Waals surface area contributed by atoms with Gasteiger partial charge in [-0.2, -0.15) is 5.10 Å². The number of nitrogens with zero attached hydrogens (tertiary/aromatic N) is 2. The molecule has 2 atom stereocenters. The molecule has 0 aliphatic carbocycles. The van der Waals surface area contributed by atoms with E-state index < -0.39 is 0 Å². The Bertz CT molecular complexity index is 580. The van der Waals surface area contributed by atoms with Crippen LogP contribution in [0, 0.1) is 0 Å². The Balaban J connectivity index is 2.32. The molecule has 0 bridgehead atoms. The highest BCUT2D eigenvalue weighted by Crippen LogP contribution is 2.23. The third-order valence-electron chi connectivity index (χ3n) is 3.36. The number of esters is 1.